The molecule has 0 radical (unpaired) electrons. The van der Waals surface area contributed by atoms with Gasteiger partial charge in [-0.25, -0.2) is 13.8 Å². The molecule has 0 bridgehead atoms. The van der Waals surface area contributed by atoms with E-state index in [1.165, 1.54) is 0 Å². The highest BCUT2D eigenvalue weighted by molar-refractivity contribution is 5.60. The van der Waals surface area contributed by atoms with Gasteiger partial charge in [-0.1, -0.05) is 0 Å². The van der Waals surface area contributed by atoms with Crippen LogP contribution in [-0.2, 0) is 0 Å². The Morgan fingerprint density at radius 2 is 2.08 bits per heavy atom. The first-order valence-corrected chi connectivity index (χ1v) is 3.30. The third-order valence-corrected chi connectivity index (χ3v) is 1.45. The van der Waals surface area contributed by atoms with Gasteiger partial charge in [-0.2, -0.15) is 5.26 Å². The predicted octanol–water partition coefficient (Wildman–Crippen LogP) is 1.06. The van der Waals surface area contributed by atoms with E-state index in [2.05, 4.69) is 4.98 Å². The Labute approximate surface area is 72.8 Å². The second kappa shape index (κ2) is 3.23. The van der Waals surface area contributed by atoms with Crippen molar-refractivity contribution in [3.05, 3.63) is 17.3 Å². The maximum Gasteiger partial charge on any atom is 0.266 e. The molecule has 0 aromatic carbocycles. The number of hydrogen-bond acceptors (Lipinski definition) is 4. The molecule has 0 fully saturated rings. The molecule has 4 nitrogen and oxygen atoms in total. The van der Waals surface area contributed by atoms with E-state index < -0.39 is 12.0 Å². The number of nitrogens with zero attached hydrogens (tertiary/aromatic N) is 2. The van der Waals surface area contributed by atoms with Gasteiger partial charge in [0, 0.05) is 5.56 Å². The quantitative estimate of drug-likeness (QED) is 0.682. The first-order valence-electron chi connectivity index (χ1n) is 3.30. The molecule has 0 aliphatic rings. The standard InChI is InChI=1S/C7H6F2N4/c8-7(9)3-1-5(11)13-4(2-10)6(3)12/h1,7H,12H2,(H2,11,13). The van der Waals surface area contributed by atoms with Crippen molar-refractivity contribution in [2.24, 2.45) is 0 Å². The normalized spacial score (nSPS) is 10.0. The van der Waals surface area contributed by atoms with Gasteiger partial charge in [-0.05, 0) is 6.07 Å². The lowest BCUT2D eigenvalue weighted by atomic mass is 10.2. The molecule has 0 aliphatic heterocycles. The number of rotatable bonds is 1. The number of halogens is 2. The molecule has 13 heavy (non-hydrogen) atoms. The summed E-state index contributed by atoms with van der Waals surface area (Å²) in [5.74, 6) is -0.138. The van der Waals surface area contributed by atoms with Crippen molar-refractivity contribution in [2.45, 2.75) is 6.43 Å². The lowest BCUT2D eigenvalue weighted by Crippen LogP contribution is -2.03. The fraction of sp³-hybridized carbons (Fsp3) is 0.143. The van der Waals surface area contributed by atoms with Crippen LogP contribution in [0.25, 0.3) is 0 Å². The van der Waals surface area contributed by atoms with Crippen LogP contribution < -0.4 is 11.5 Å². The van der Waals surface area contributed by atoms with Crippen molar-refractivity contribution >= 4 is 11.5 Å². The van der Waals surface area contributed by atoms with Crippen LogP contribution in [-0.4, -0.2) is 4.98 Å². The van der Waals surface area contributed by atoms with Crippen LogP contribution >= 0.6 is 0 Å². The summed E-state index contributed by atoms with van der Waals surface area (Å²) >= 11 is 0. The Morgan fingerprint density at radius 1 is 1.46 bits per heavy atom. The summed E-state index contributed by atoms with van der Waals surface area (Å²) in [6.45, 7) is 0. The van der Waals surface area contributed by atoms with Gasteiger partial charge in [0.25, 0.3) is 6.43 Å². The first-order chi connectivity index (χ1) is 6.06. The molecule has 4 N–H and O–H groups in total. The van der Waals surface area contributed by atoms with E-state index in [9.17, 15) is 8.78 Å². The molecule has 0 amide bonds. The van der Waals surface area contributed by atoms with Crippen LogP contribution in [0.2, 0.25) is 0 Å². The van der Waals surface area contributed by atoms with Gasteiger partial charge in [0.05, 0.1) is 5.69 Å². The van der Waals surface area contributed by atoms with Gasteiger partial charge >= 0.3 is 0 Å². The van der Waals surface area contributed by atoms with E-state index in [0.29, 0.717) is 0 Å². The largest absolute Gasteiger partial charge is 0.396 e. The highest BCUT2D eigenvalue weighted by Crippen LogP contribution is 2.27. The minimum Gasteiger partial charge on any atom is -0.396 e. The fourth-order valence-electron chi connectivity index (χ4n) is 0.861. The fourth-order valence-corrected chi connectivity index (χ4v) is 0.861. The van der Waals surface area contributed by atoms with E-state index in [0.717, 1.165) is 6.07 Å². The smallest absolute Gasteiger partial charge is 0.266 e. The molecule has 0 spiro atoms. The van der Waals surface area contributed by atoms with Crippen LogP contribution in [0.15, 0.2) is 6.07 Å². The number of nitrogens with two attached hydrogens (primary N) is 2. The van der Waals surface area contributed by atoms with Gasteiger partial charge in [-0.3, -0.25) is 0 Å². The highest BCUT2D eigenvalue weighted by atomic mass is 19.3. The summed E-state index contributed by atoms with van der Waals surface area (Å²) in [6, 6.07) is 2.54. The summed E-state index contributed by atoms with van der Waals surface area (Å²) in [4.78, 5) is 3.49. The zero-order valence-corrected chi connectivity index (χ0v) is 6.46. The van der Waals surface area contributed by atoms with Gasteiger partial charge < -0.3 is 11.5 Å². The minimum absolute atomic E-state index is 0.138. The third kappa shape index (κ3) is 1.64. The van der Waals surface area contributed by atoms with Crippen molar-refractivity contribution in [1.82, 2.24) is 4.98 Å². The minimum atomic E-state index is -2.75. The number of aromatic nitrogens is 1. The Balaban J connectivity index is 3.38. The van der Waals surface area contributed by atoms with Crippen LogP contribution in [0.5, 0.6) is 0 Å². The third-order valence-electron chi connectivity index (χ3n) is 1.45. The average molecular weight is 184 g/mol. The predicted molar refractivity (Wildman–Crippen MR) is 42.7 cm³/mol. The van der Waals surface area contributed by atoms with Crippen molar-refractivity contribution in [3.63, 3.8) is 0 Å². The average Bonchev–Trinajstić information content (AvgIpc) is 2.08. The number of nitrogen functional groups attached to an aromatic ring is 2. The van der Waals surface area contributed by atoms with Crippen LogP contribution in [0, 0.1) is 11.3 Å². The zero-order valence-electron chi connectivity index (χ0n) is 6.46. The van der Waals surface area contributed by atoms with Crippen LogP contribution in [0.4, 0.5) is 20.3 Å². The maximum atomic E-state index is 12.3. The van der Waals surface area contributed by atoms with E-state index in [1.807, 2.05) is 0 Å². The summed E-state index contributed by atoms with van der Waals surface area (Å²) in [5, 5.41) is 8.46. The van der Waals surface area contributed by atoms with E-state index >= 15 is 0 Å². The Morgan fingerprint density at radius 3 is 2.54 bits per heavy atom. The molecule has 1 rings (SSSR count). The van der Waals surface area contributed by atoms with Crippen molar-refractivity contribution in [3.8, 4) is 6.07 Å². The van der Waals surface area contributed by atoms with Gasteiger partial charge in [-0.15, -0.1) is 0 Å². The summed E-state index contributed by atoms with van der Waals surface area (Å²) in [5.41, 5.74) is 9.40. The van der Waals surface area contributed by atoms with E-state index in [4.69, 9.17) is 16.7 Å². The lowest BCUT2D eigenvalue weighted by Gasteiger charge is -2.05. The van der Waals surface area contributed by atoms with Crippen LogP contribution in [0.3, 0.4) is 0 Å². The van der Waals surface area contributed by atoms with E-state index in [1.54, 1.807) is 6.07 Å². The summed E-state index contributed by atoms with van der Waals surface area (Å²) in [6.07, 6.45) is -2.75. The molecule has 0 saturated carbocycles. The number of alkyl halides is 2. The van der Waals surface area contributed by atoms with Crippen molar-refractivity contribution in [2.75, 3.05) is 11.5 Å². The summed E-state index contributed by atoms with van der Waals surface area (Å²) < 4.78 is 24.5. The molecule has 1 aromatic rings. The Hall–Kier alpha value is -1.90. The number of pyridine rings is 1. The number of hydrogen-bond donors (Lipinski definition) is 2. The topological polar surface area (TPSA) is 88.7 Å². The maximum absolute atomic E-state index is 12.3. The monoisotopic (exact) mass is 184 g/mol. The molecular formula is C7H6F2N4. The highest BCUT2D eigenvalue weighted by Gasteiger charge is 2.15. The molecular weight excluding hydrogens is 178 g/mol. The molecule has 1 heterocycles. The van der Waals surface area contributed by atoms with Gasteiger partial charge in [0.15, 0.2) is 5.69 Å². The van der Waals surface area contributed by atoms with Gasteiger partial charge in [0.2, 0.25) is 0 Å². The zero-order chi connectivity index (χ0) is 10.0. The van der Waals surface area contributed by atoms with E-state index in [-0.39, 0.29) is 17.2 Å². The molecule has 6 heteroatoms. The molecule has 0 saturated heterocycles. The second-order valence-corrected chi connectivity index (χ2v) is 2.31. The molecule has 0 atom stereocenters. The summed E-state index contributed by atoms with van der Waals surface area (Å²) in [7, 11) is 0. The number of nitriles is 1. The van der Waals surface area contributed by atoms with Crippen LogP contribution in [0.1, 0.15) is 17.7 Å². The lowest BCUT2D eigenvalue weighted by molar-refractivity contribution is 0.152. The number of anilines is 2. The second-order valence-electron chi connectivity index (χ2n) is 2.31. The van der Waals surface area contributed by atoms with Crippen molar-refractivity contribution < 1.29 is 8.78 Å². The Kier molecular flexibility index (Phi) is 2.28. The SMILES string of the molecule is N#Cc1nc(N)cc(C(F)F)c1N. The van der Waals surface area contributed by atoms with Gasteiger partial charge in [0.1, 0.15) is 11.9 Å². The van der Waals surface area contributed by atoms with Crippen molar-refractivity contribution in [1.29, 1.82) is 5.26 Å². The molecule has 1 aromatic heterocycles. The Bertz CT molecular complexity index is 369. The molecule has 0 unspecified atom stereocenters. The molecule has 68 valence electrons. The first kappa shape index (κ1) is 9.19. The molecule has 0 aliphatic carbocycles.